The van der Waals surface area contributed by atoms with E-state index in [1.54, 1.807) is 11.3 Å². The molecular weight excluding hydrogens is 230 g/mol. The Hall–Kier alpha value is -0.830. The number of carbonyl (C=O) groups excluding carboxylic acids is 1. The van der Waals surface area contributed by atoms with Crippen LogP contribution in [0.25, 0.3) is 0 Å². The third kappa shape index (κ3) is 3.84. The summed E-state index contributed by atoms with van der Waals surface area (Å²) in [6, 6.07) is 4.56. The molecule has 1 aliphatic rings. The minimum Gasteiger partial charge on any atom is -0.353 e. The normalized spacial score (nSPS) is 24.5. The van der Waals surface area contributed by atoms with Crippen molar-refractivity contribution in [1.29, 1.82) is 0 Å². The van der Waals surface area contributed by atoms with E-state index in [2.05, 4.69) is 23.7 Å². The summed E-state index contributed by atoms with van der Waals surface area (Å²) >= 11 is 1.73. The number of rotatable bonds is 4. The first-order chi connectivity index (χ1) is 8.25. The molecule has 3 heteroatoms. The molecule has 2 nitrogen and oxygen atoms in total. The Labute approximate surface area is 107 Å². The number of aryl methyl sites for hydroxylation is 1. The topological polar surface area (TPSA) is 29.1 Å². The van der Waals surface area contributed by atoms with Gasteiger partial charge >= 0.3 is 0 Å². The Morgan fingerprint density at radius 2 is 2.29 bits per heavy atom. The summed E-state index contributed by atoms with van der Waals surface area (Å²) in [5.74, 6) is 0.867. The van der Waals surface area contributed by atoms with Gasteiger partial charge in [0.2, 0.25) is 5.91 Å². The zero-order valence-corrected chi connectivity index (χ0v) is 11.3. The van der Waals surface area contributed by atoms with Crippen molar-refractivity contribution in [1.82, 2.24) is 5.32 Å². The fraction of sp³-hybridized carbons (Fsp3) is 0.643. The second kappa shape index (κ2) is 6.20. The van der Waals surface area contributed by atoms with E-state index in [0.717, 1.165) is 12.8 Å². The Kier molecular flexibility index (Phi) is 4.60. The van der Waals surface area contributed by atoms with Crippen LogP contribution in [-0.4, -0.2) is 11.9 Å². The van der Waals surface area contributed by atoms with E-state index in [0.29, 0.717) is 18.4 Å². The molecular formula is C14H21NOS. The molecule has 17 heavy (non-hydrogen) atoms. The number of thiophene rings is 1. The van der Waals surface area contributed by atoms with Gasteiger partial charge in [0.05, 0.1) is 0 Å². The Morgan fingerprint density at radius 3 is 3.00 bits per heavy atom. The van der Waals surface area contributed by atoms with Gasteiger partial charge in [-0.25, -0.2) is 0 Å². The van der Waals surface area contributed by atoms with Gasteiger partial charge in [0.25, 0.3) is 0 Å². The summed E-state index contributed by atoms with van der Waals surface area (Å²) in [4.78, 5) is 13.1. The highest BCUT2D eigenvalue weighted by Gasteiger charge is 2.22. The van der Waals surface area contributed by atoms with E-state index in [1.165, 1.54) is 24.1 Å². The number of nitrogens with one attached hydrogen (secondary N) is 1. The predicted molar refractivity (Wildman–Crippen MR) is 72.2 cm³/mol. The van der Waals surface area contributed by atoms with Crippen molar-refractivity contribution < 1.29 is 4.79 Å². The van der Waals surface area contributed by atoms with Gasteiger partial charge in [-0.1, -0.05) is 25.8 Å². The van der Waals surface area contributed by atoms with Crippen molar-refractivity contribution >= 4 is 17.2 Å². The molecule has 1 aromatic heterocycles. The summed E-state index contributed by atoms with van der Waals surface area (Å²) in [6.45, 7) is 2.25. The summed E-state index contributed by atoms with van der Waals surface area (Å²) in [6.07, 6.45) is 6.51. The van der Waals surface area contributed by atoms with Crippen LogP contribution in [0.3, 0.4) is 0 Å². The van der Waals surface area contributed by atoms with E-state index >= 15 is 0 Å². The molecule has 0 saturated heterocycles. The standard InChI is InChI=1S/C14H21NOS/c1-11-5-2-3-7-13(11)15-14(16)9-8-12-6-4-10-17-12/h4,6,10-11,13H,2-3,5,7-9H2,1H3,(H,15,16). The van der Waals surface area contributed by atoms with Gasteiger partial charge in [0, 0.05) is 17.3 Å². The van der Waals surface area contributed by atoms with E-state index in [-0.39, 0.29) is 5.91 Å². The van der Waals surface area contributed by atoms with Gasteiger partial charge in [-0.05, 0) is 36.6 Å². The Morgan fingerprint density at radius 1 is 1.47 bits per heavy atom. The highest BCUT2D eigenvalue weighted by atomic mass is 32.1. The average Bonchev–Trinajstić information content (AvgIpc) is 2.82. The molecule has 2 rings (SSSR count). The summed E-state index contributed by atoms with van der Waals surface area (Å²) in [5.41, 5.74) is 0. The number of hydrogen-bond donors (Lipinski definition) is 1. The summed E-state index contributed by atoms with van der Waals surface area (Å²) in [7, 11) is 0. The van der Waals surface area contributed by atoms with Crippen LogP contribution in [0.4, 0.5) is 0 Å². The van der Waals surface area contributed by atoms with Crippen LogP contribution < -0.4 is 5.32 Å². The van der Waals surface area contributed by atoms with Crippen LogP contribution in [-0.2, 0) is 11.2 Å². The van der Waals surface area contributed by atoms with Gasteiger partial charge in [0.15, 0.2) is 0 Å². The summed E-state index contributed by atoms with van der Waals surface area (Å²) in [5, 5.41) is 5.26. The van der Waals surface area contributed by atoms with E-state index < -0.39 is 0 Å². The minimum atomic E-state index is 0.220. The molecule has 1 saturated carbocycles. The lowest BCUT2D eigenvalue weighted by atomic mass is 9.86. The largest absolute Gasteiger partial charge is 0.353 e. The molecule has 0 radical (unpaired) electrons. The van der Waals surface area contributed by atoms with Crippen LogP contribution in [0, 0.1) is 5.92 Å². The number of amides is 1. The zero-order chi connectivity index (χ0) is 12.1. The minimum absolute atomic E-state index is 0.220. The van der Waals surface area contributed by atoms with E-state index in [1.807, 2.05) is 6.07 Å². The average molecular weight is 251 g/mol. The maximum absolute atomic E-state index is 11.8. The highest BCUT2D eigenvalue weighted by Crippen LogP contribution is 2.23. The maximum atomic E-state index is 11.8. The first-order valence-electron chi connectivity index (χ1n) is 6.57. The molecule has 2 unspecified atom stereocenters. The third-order valence-corrected chi connectivity index (χ3v) is 4.57. The van der Waals surface area contributed by atoms with Crippen molar-refractivity contribution in [2.45, 2.75) is 51.5 Å². The lowest BCUT2D eigenvalue weighted by molar-refractivity contribution is -0.122. The quantitative estimate of drug-likeness (QED) is 0.873. The molecule has 1 aromatic rings. The molecule has 0 aromatic carbocycles. The molecule has 1 fully saturated rings. The SMILES string of the molecule is CC1CCCCC1NC(=O)CCc1cccs1. The maximum Gasteiger partial charge on any atom is 0.220 e. The Bertz CT molecular complexity index is 347. The lowest BCUT2D eigenvalue weighted by Crippen LogP contribution is -2.41. The van der Waals surface area contributed by atoms with Crippen LogP contribution >= 0.6 is 11.3 Å². The predicted octanol–water partition coefficient (Wildman–Crippen LogP) is 3.38. The molecule has 1 amide bonds. The fourth-order valence-electron chi connectivity index (χ4n) is 2.50. The third-order valence-electron chi connectivity index (χ3n) is 3.64. The molecule has 94 valence electrons. The molecule has 0 aliphatic heterocycles. The van der Waals surface area contributed by atoms with Gasteiger partial charge in [-0.15, -0.1) is 11.3 Å². The zero-order valence-electron chi connectivity index (χ0n) is 10.4. The number of hydrogen-bond acceptors (Lipinski definition) is 2. The first-order valence-corrected chi connectivity index (χ1v) is 7.45. The van der Waals surface area contributed by atoms with Crippen LogP contribution in [0.2, 0.25) is 0 Å². The smallest absolute Gasteiger partial charge is 0.220 e. The molecule has 1 heterocycles. The number of carbonyl (C=O) groups is 1. The van der Waals surface area contributed by atoms with Gasteiger partial charge in [0.1, 0.15) is 0 Å². The van der Waals surface area contributed by atoms with Gasteiger partial charge in [-0.2, -0.15) is 0 Å². The molecule has 1 N–H and O–H groups in total. The van der Waals surface area contributed by atoms with Gasteiger partial charge < -0.3 is 5.32 Å². The fourth-order valence-corrected chi connectivity index (χ4v) is 3.21. The van der Waals surface area contributed by atoms with Crippen LogP contribution in [0.1, 0.15) is 43.9 Å². The van der Waals surface area contributed by atoms with Crippen molar-refractivity contribution in [2.24, 2.45) is 5.92 Å². The first kappa shape index (κ1) is 12.6. The highest BCUT2D eigenvalue weighted by molar-refractivity contribution is 7.09. The second-order valence-corrected chi connectivity index (χ2v) is 6.05. The second-order valence-electron chi connectivity index (χ2n) is 5.02. The monoisotopic (exact) mass is 251 g/mol. The van der Waals surface area contributed by atoms with Crippen molar-refractivity contribution in [3.8, 4) is 0 Å². The lowest BCUT2D eigenvalue weighted by Gasteiger charge is -2.29. The van der Waals surface area contributed by atoms with Crippen LogP contribution in [0.5, 0.6) is 0 Å². The molecule has 2 atom stereocenters. The van der Waals surface area contributed by atoms with Crippen molar-refractivity contribution in [2.75, 3.05) is 0 Å². The van der Waals surface area contributed by atoms with E-state index in [4.69, 9.17) is 0 Å². The Balaban J connectivity index is 1.73. The van der Waals surface area contributed by atoms with E-state index in [9.17, 15) is 4.79 Å². The van der Waals surface area contributed by atoms with Crippen molar-refractivity contribution in [3.63, 3.8) is 0 Å². The molecule has 0 spiro atoms. The van der Waals surface area contributed by atoms with Crippen LogP contribution in [0.15, 0.2) is 17.5 Å². The van der Waals surface area contributed by atoms with Gasteiger partial charge in [-0.3, -0.25) is 4.79 Å². The molecule has 0 bridgehead atoms. The summed E-state index contributed by atoms with van der Waals surface area (Å²) < 4.78 is 0. The molecule has 1 aliphatic carbocycles. The van der Waals surface area contributed by atoms with Crippen molar-refractivity contribution in [3.05, 3.63) is 22.4 Å².